The summed E-state index contributed by atoms with van der Waals surface area (Å²) in [6.45, 7) is 2.76. The zero-order valence-electron chi connectivity index (χ0n) is 7.53. The van der Waals surface area contributed by atoms with Gasteiger partial charge in [0.15, 0.2) is 0 Å². The van der Waals surface area contributed by atoms with Crippen LogP contribution in [0.2, 0.25) is 0 Å². The highest BCUT2D eigenvalue weighted by Gasteiger charge is 2.30. The minimum Gasteiger partial charge on any atom is -0.360 e. The average Bonchev–Trinajstić information content (AvgIpc) is 2.57. The van der Waals surface area contributed by atoms with Crippen molar-refractivity contribution in [2.45, 2.75) is 19.1 Å². The molecule has 0 fully saturated rings. The molecule has 0 aliphatic heterocycles. The Kier molecular flexibility index (Phi) is 4.09. The predicted octanol–water partition coefficient (Wildman–Crippen LogP) is 1.75. The van der Waals surface area contributed by atoms with Crippen LogP contribution in [0.25, 0.3) is 0 Å². The number of rotatable bonds is 5. The SMILES string of the molecule is CCCNC(c1ccc[nH]1)[P+](=O)O. The Bertz CT molecular complexity index is 261. The fourth-order valence-electron chi connectivity index (χ4n) is 1.10. The molecule has 4 nitrogen and oxygen atoms in total. The molecule has 0 radical (unpaired) electrons. The molecule has 0 saturated carbocycles. The lowest BCUT2D eigenvalue weighted by Gasteiger charge is -2.03. The van der Waals surface area contributed by atoms with Gasteiger partial charge in [0.05, 0.1) is 5.69 Å². The van der Waals surface area contributed by atoms with Gasteiger partial charge in [-0.3, -0.25) is 5.32 Å². The van der Waals surface area contributed by atoms with E-state index in [0.717, 1.165) is 18.7 Å². The maximum atomic E-state index is 11.0. The van der Waals surface area contributed by atoms with Crippen molar-refractivity contribution in [3.05, 3.63) is 24.0 Å². The van der Waals surface area contributed by atoms with E-state index in [-0.39, 0.29) is 0 Å². The quantitative estimate of drug-likeness (QED) is 0.636. The molecule has 72 valence electrons. The summed E-state index contributed by atoms with van der Waals surface area (Å²) in [4.78, 5) is 12.0. The minimum absolute atomic E-state index is 0.468. The van der Waals surface area contributed by atoms with Crippen LogP contribution in [0.1, 0.15) is 24.8 Å². The predicted molar refractivity (Wildman–Crippen MR) is 51.7 cm³/mol. The highest BCUT2D eigenvalue weighted by atomic mass is 31.1. The van der Waals surface area contributed by atoms with Crippen molar-refractivity contribution in [2.24, 2.45) is 0 Å². The van der Waals surface area contributed by atoms with Gasteiger partial charge in [0, 0.05) is 6.20 Å². The number of H-pyrrole nitrogens is 1. The standard InChI is InChI=1S/C8H13N2O2P/c1-2-5-10-8(13(11)12)7-4-3-6-9-7/h3-4,6,8-10H,2,5H2,1H3/p+1. The highest BCUT2D eigenvalue weighted by molar-refractivity contribution is 7.38. The number of aromatic amines is 1. The third-order valence-corrected chi connectivity index (χ3v) is 2.63. The number of aromatic nitrogens is 1. The van der Waals surface area contributed by atoms with Gasteiger partial charge in [-0.2, -0.15) is 4.89 Å². The first kappa shape index (κ1) is 10.4. The number of hydrogen-bond donors (Lipinski definition) is 3. The molecule has 5 heteroatoms. The van der Waals surface area contributed by atoms with E-state index in [1.54, 1.807) is 12.3 Å². The third kappa shape index (κ3) is 2.92. The minimum atomic E-state index is -2.22. The van der Waals surface area contributed by atoms with Gasteiger partial charge in [0.25, 0.3) is 5.78 Å². The molecule has 0 aliphatic rings. The van der Waals surface area contributed by atoms with Gasteiger partial charge in [-0.05, 0) is 29.7 Å². The van der Waals surface area contributed by atoms with E-state index in [1.165, 1.54) is 0 Å². The van der Waals surface area contributed by atoms with Gasteiger partial charge in [0.1, 0.15) is 0 Å². The molecule has 0 bridgehead atoms. The fourth-order valence-corrected chi connectivity index (χ4v) is 1.79. The maximum Gasteiger partial charge on any atom is 0.531 e. The van der Waals surface area contributed by atoms with E-state index in [4.69, 9.17) is 4.89 Å². The van der Waals surface area contributed by atoms with Crippen LogP contribution >= 0.6 is 8.03 Å². The van der Waals surface area contributed by atoms with Crippen LogP contribution in [-0.2, 0) is 4.57 Å². The lowest BCUT2D eigenvalue weighted by molar-refractivity contribution is 0.472. The second-order valence-corrected chi connectivity index (χ2v) is 3.91. The molecule has 0 amide bonds. The fraction of sp³-hybridized carbons (Fsp3) is 0.500. The summed E-state index contributed by atoms with van der Waals surface area (Å²) in [5.41, 5.74) is 0.761. The molecule has 1 heterocycles. The van der Waals surface area contributed by atoms with Crippen molar-refractivity contribution in [1.29, 1.82) is 0 Å². The molecular formula is C8H14N2O2P+. The number of nitrogens with one attached hydrogen (secondary N) is 2. The first-order chi connectivity index (χ1) is 6.25. The van der Waals surface area contributed by atoms with Crippen LogP contribution in [0.15, 0.2) is 18.3 Å². The summed E-state index contributed by atoms with van der Waals surface area (Å²) in [5, 5.41) is 3.01. The first-order valence-corrected chi connectivity index (χ1v) is 5.55. The molecule has 0 aliphatic carbocycles. The normalized spacial score (nSPS) is 14.2. The van der Waals surface area contributed by atoms with Crippen molar-refractivity contribution < 1.29 is 9.46 Å². The molecule has 0 saturated heterocycles. The summed E-state index contributed by atoms with van der Waals surface area (Å²) in [5.74, 6) is -0.468. The van der Waals surface area contributed by atoms with Crippen LogP contribution in [0.3, 0.4) is 0 Å². The average molecular weight is 201 g/mol. The van der Waals surface area contributed by atoms with E-state index in [9.17, 15) is 4.57 Å². The van der Waals surface area contributed by atoms with Crippen molar-refractivity contribution >= 4 is 8.03 Å². The molecule has 0 aromatic carbocycles. The summed E-state index contributed by atoms with van der Waals surface area (Å²) >= 11 is 0. The van der Waals surface area contributed by atoms with Gasteiger partial charge >= 0.3 is 8.03 Å². The van der Waals surface area contributed by atoms with Crippen LogP contribution in [0.5, 0.6) is 0 Å². The topological polar surface area (TPSA) is 65.1 Å². The Hall–Kier alpha value is -0.700. The van der Waals surface area contributed by atoms with Crippen LogP contribution in [0.4, 0.5) is 0 Å². The molecular weight excluding hydrogens is 187 g/mol. The van der Waals surface area contributed by atoms with Gasteiger partial charge in [-0.15, -0.1) is 0 Å². The summed E-state index contributed by atoms with van der Waals surface area (Å²) in [6.07, 6.45) is 2.69. The van der Waals surface area contributed by atoms with Crippen molar-refractivity contribution in [3.63, 3.8) is 0 Å². The smallest absolute Gasteiger partial charge is 0.360 e. The summed E-state index contributed by atoms with van der Waals surface area (Å²) in [7, 11) is -2.22. The third-order valence-electron chi connectivity index (χ3n) is 1.73. The van der Waals surface area contributed by atoms with Gasteiger partial charge in [0.2, 0.25) is 0 Å². The Labute approximate surface area is 78.2 Å². The molecule has 1 aromatic heterocycles. The zero-order valence-corrected chi connectivity index (χ0v) is 8.42. The second-order valence-electron chi connectivity index (χ2n) is 2.78. The second kappa shape index (κ2) is 5.12. The van der Waals surface area contributed by atoms with Crippen molar-refractivity contribution in [1.82, 2.24) is 10.3 Å². The summed E-state index contributed by atoms with van der Waals surface area (Å²) < 4.78 is 11.0. The largest absolute Gasteiger partial charge is 0.531 e. The van der Waals surface area contributed by atoms with E-state index in [0.29, 0.717) is 0 Å². The molecule has 1 aromatic rings. The van der Waals surface area contributed by atoms with E-state index < -0.39 is 13.8 Å². The van der Waals surface area contributed by atoms with Crippen LogP contribution < -0.4 is 5.32 Å². The molecule has 1 rings (SSSR count). The Morgan fingerprint density at radius 1 is 1.77 bits per heavy atom. The van der Waals surface area contributed by atoms with Gasteiger partial charge in [-0.1, -0.05) is 6.92 Å². The van der Waals surface area contributed by atoms with Crippen molar-refractivity contribution in [2.75, 3.05) is 6.54 Å². The Morgan fingerprint density at radius 3 is 3.00 bits per heavy atom. The van der Waals surface area contributed by atoms with Gasteiger partial charge < -0.3 is 4.98 Å². The lowest BCUT2D eigenvalue weighted by atomic mass is 10.4. The monoisotopic (exact) mass is 201 g/mol. The van der Waals surface area contributed by atoms with Crippen LogP contribution in [0, 0.1) is 0 Å². The van der Waals surface area contributed by atoms with Crippen LogP contribution in [-0.4, -0.2) is 16.4 Å². The van der Waals surface area contributed by atoms with E-state index in [1.807, 2.05) is 13.0 Å². The Morgan fingerprint density at radius 2 is 2.54 bits per heavy atom. The molecule has 0 spiro atoms. The molecule has 2 unspecified atom stereocenters. The Balaban J connectivity index is 2.63. The van der Waals surface area contributed by atoms with Gasteiger partial charge in [-0.25, -0.2) is 0 Å². The highest BCUT2D eigenvalue weighted by Crippen LogP contribution is 2.33. The lowest BCUT2D eigenvalue weighted by Crippen LogP contribution is -2.19. The number of hydrogen-bond acceptors (Lipinski definition) is 2. The first-order valence-electron chi connectivity index (χ1n) is 4.27. The van der Waals surface area contributed by atoms with E-state index >= 15 is 0 Å². The zero-order chi connectivity index (χ0) is 9.68. The molecule has 13 heavy (non-hydrogen) atoms. The molecule has 2 atom stereocenters. The van der Waals surface area contributed by atoms with Crippen molar-refractivity contribution in [3.8, 4) is 0 Å². The molecule has 3 N–H and O–H groups in total. The summed E-state index contributed by atoms with van der Waals surface area (Å²) in [6, 6.07) is 3.62. The van der Waals surface area contributed by atoms with E-state index in [2.05, 4.69) is 10.3 Å². The maximum absolute atomic E-state index is 11.0.